The van der Waals surface area contributed by atoms with Gasteiger partial charge in [0.2, 0.25) is 0 Å². The molecule has 12 heteroatoms. The third-order valence-corrected chi connectivity index (χ3v) is 5.76. The summed E-state index contributed by atoms with van der Waals surface area (Å²) in [5, 5.41) is 2.13. The third-order valence-electron chi connectivity index (χ3n) is 5.38. The van der Waals surface area contributed by atoms with Crippen molar-refractivity contribution in [1.29, 1.82) is 0 Å². The van der Waals surface area contributed by atoms with E-state index in [9.17, 15) is 22.4 Å². The third kappa shape index (κ3) is 3.92. The number of rotatable bonds is 6. The zero-order valence-corrected chi connectivity index (χ0v) is 17.3. The highest BCUT2D eigenvalue weighted by atomic mass is 35.5. The van der Waals surface area contributed by atoms with Gasteiger partial charge in [-0.25, -0.2) is 18.8 Å². The lowest BCUT2D eigenvalue weighted by Crippen LogP contribution is -2.39. The van der Waals surface area contributed by atoms with E-state index < -0.39 is 30.5 Å². The molecule has 2 aromatic rings. The molecule has 2 heterocycles. The minimum atomic E-state index is -3.04. The standard InChI is InChI=1S/C20H17ClF4N4O3/c1-8-2-10(31-18(24)25)6-27-16(8)17(30)28-9-3-12(15(21)13(23)4-9)20(7-22)11-5-14(11)32-19(26)29-20/h2-4,6,11,14,18H,5,7H2,1H3,(H2,26,29)(H,28,30)/t11-,14?,20-/m1/s1. The number of amides is 1. The van der Waals surface area contributed by atoms with Gasteiger partial charge in [0.1, 0.15) is 35.6 Å². The summed E-state index contributed by atoms with van der Waals surface area (Å²) in [7, 11) is 0. The van der Waals surface area contributed by atoms with E-state index in [4.69, 9.17) is 22.1 Å². The average molecular weight is 473 g/mol. The van der Waals surface area contributed by atoms with Crippen molar-refractivity contribution in [3.05, 3.63) is 52.1 Å². The Labute approximate surface area is 184 Å². The average Bonchev–Trinajstić information content (AvgIpc) is 3.49. The molecular formula is C20H17ClF4N4O3. The summed E-state index contributed by atoms with van der Waals surface area (Å²) in [6.45, 7) is -2.57. The van der Waals surface area contributed by atoms with E-state index in [1.165, 1.54) is 19.1 Å². The van der Waals surface area contributed by atoms with Gasteiger partial charge in [0.15, 0.2) is 0 Å². The van der Waals surface area contributed by atoms with Gasteiger partial charge in [-0.15, -0.1) is 0 Å². The number of pyridine rings is 1. The monoisotopic (exact) mass is 472 g/mol. The number of aliphatic imine (C=N–C) groups is 1. The molecule has 0 radical (unpaired) electrons. The van der Waals surface area contributed by atoms with Crippen LogP contribution in [0.1, 0.15) is 28.0 Å². The number of halogens is 5. The molecule has 0 spiro atoms. The van der Waals surface area contributed by atoms with Gasteiger partial charge in [-0.05, 0) is 37.1 Å². The molecule has 1 fully saturated rings. The number of aromatic nitrogens is 1. The van der Waals surface area contributed by atoms with E-state index in [1.807, 2.05) is 0 Å². The van der Waals surface area contributed by atoms with Gasteiger partial charge in [0, 0.05) is 17.2 Å². The van der Waals surface area contributed by atoms with Gasteiger partial charge in [-0.2, -0.15) is 8.78 Å². The second kappa shape index (κ2) is 8.12. The molecule has 4 rings (SSSR count). The summed E-state index contributed by atoms with van der Waals surface area (Å²) in [4.78, 5) is 20.6. The topological polar surface area (TPSA) is 98.8 Å². The molecule has 1 aromatic heterocycles. The van der Waals surface area contributed by atoms with E-state index in [0.29, 0.717) is 6.42 Å². The largest absolute Gasteiger partial charge is 0.462 e. The fourth-order valence-electron chi connectivity index (χ4n) is 3.85. The fraction of sp³-hybridized carbons (Fsp3) is 0.350. The number of fused-ring (bicyclic) bond motifs is 1. The van der Waals surface area contributed by atoms with Crippen LogP contribution in [0.2, 0.25) is 5.02 Å². The Hall–Kier alpha value is -3.08. The van der Waals surface area contributed by atoms with Crippen LogP contribution in [0, 0.1) is 18.7 Å². The first-order chi connectivity index (χ1) is 15.1. The SMILES string of the molecule is Cc1cc(OC(F)F)cnc1C(=O)Nc1cc(F)c(Cl)c([C@]2(CF)N=C(N)OC3C[C@H]32)c1. The molecule has 3 N–H and O–H groups in total. The molecule has 1 aromatic carbocycles. The lowest BCUT2D eigenvalue weighted by molar-refractivity contribution is -0.0501. The summed E-state index contributed by atoms with van der Waals surface area (Å²) in [6, 6.07) is 3.28. The molecule has 1 saturated carbocycles. The highest BCUT2D eigenvalue weighted by molar-refractivity contribution is 6.31. The summed E-state index contributed by atoms with van der Waals surface area (Å²) in [5.74, 6) is -2.23. The predicted molar refractivity (Wildman–Crippen MR) is 107 cm³/mol. The van der Waals surface area contributed by atoms with Crippen molar-refractivity contribution in [3.63, 3.8) is 0 Å². The maximum atomic E-state index is 14.6. The normalized spacial score (nSPS) is 23.8. The van der Waals surface area contributed by atoms with Crippen molar-refractivity contribution in [2.75, 3.05) is 12.0 Å². The molecular weight excluding hydrogens is 456 g/mol. The van der Waals surface area contributed by atoms with Crippen LogP contribution >= 0.6 is 11.6 Å². The molecule has 1 amide bonds. The molecule has 1 aliphatic carbocycles. The number of nitrogens with one attached hydrogen (secondary N) is 1. The van der Waals surface area contributed by atoms with E-state index in [2.05, 4.69) is 20.0 Å². The molecule has 32 heavy (non-hydrogen) atoms. The van der Waals surface area contributed by atoms with Crippen LogP contribution in [-0.2, 0) is 10.3 Å². The van der Waals surface area contributed by atoms with Gasteiger partial charge in [0.25, 0.3) is 11.9 Å². The Morgan fingerprint density at radius 1 is 1.44 bits per heavy atom. The lowest BCUT2D eigenvalue weighted by Gasteiger charge is -2.32. The zero-order chi connectivity index (χ0) is 23.2. The van der Waals surface area contributed by atoms with Gasteiger partial charge in [-0.1, -0.05) is 11.6 Å². The van der Waals surface area contributed by atoms with Crippen LogP contribution in [-0.4, -0.2) is 36.3 Å². The molecule has 3 atom stereocenters. The number of hydrogen-bond acceptors (Lipinski definition) is 6. The van der Waals surface area contributed by atoms with Crippen molar-refractivity contribution >= 4 is 29.2 Å². The van der Waals surface area contributed by atoms with Crippen LogP contribution in [0.15, 0.2) is 29.4 Å². The Balaban J connectivity index is 1.66. The summed E-state index contributed by atoms with van der Waals surface area (Å²) >= 11 is 6.14. The molecule has 7 nitrogen and oxygen atoms in total. The predicted octanol–water partition coefficient (Wildman–Crippen LogP) is 3.93. The number of aryl methyl sites for hydroxylation is 1. The van der Waals surface area contributed by atoms with Gasteiger partial charge in [0.05, 0.1) is 11.2 Å². The molecule has 170 valence electrons. The number of ether oxygens (including phenoxy) is 2. The summed E-state index contributed by atoms with van der Waals surface area (Å²) < 4.78 is 63.1. The van der Waals surface area contributed by atoms with Crippen LogP contribution in [0.4, 0.5) is 23.2 Å². The minimum absolute atomic E-state index is 0.0219. The van der Waals surface area contributed by atoms with E-state index in [-0.39, 0.29) is 51.3 Å². The maximum Gasteiger partial charge on any atom is 0.387 e. The molecule has 0 bridgehead atoms. The number of nitrogens with two attached hydrogens (primary N) is 1. The summed E-state index contributed by atoms with van der Waals surface area (Å²) in [6.07, 6.45) is 1.09. The van der Waals surface area contributed by atoms with Crippen molar-refractivity contribution in [2.45, 2.75) is 31.6 Å². The van der Waals surface area contributed by atoms with Crippen LogP contribution in [0.3, 0.4) is 0 Å². The Morgan fingerprint density at radius 2 is 2.19 bits per heavy atom. The molecule has 1 aliphatic heterocycles. The highest BCUT2D eigenvalue weighted by Gasteiger charge is 2.60. The lowest BCUT2D eigenvalue weighted by atomic mass is 9.85. The van der Waals surface area contributed by atoms with Crippen LogP contribution < -0.4 is 15.8 Å². The smallest absolute Gasteiger partial charge is 0.387 e. The zero-order valence-electron chi connectivity index (χ0n) is 16.5. The fourth-order valence-corrected chi connectivity index (χ4v) is 4.12. The number of carbonyl (C=O) groups is 1. The van der Waals surface area contributed by atoms with Crippen LogP contribution in [0.5, 0.6) is 5.75 Å². The summed E-state index contributed by atoms with van der Waals surface area (Å²) in [5.41, 5.74) is 4.29. The number of carbonyl (C=O) groups excluding carboxylic acids is 1. The van der Waals surface area contributed by atoms with Crippen LogP contribution in [0.25, 0.3) is 0 Å². The van der Waals surface area contributed by atoms with Crippen molar-refractivity contribution < 1.29 is 31.8 Å². The molecule has 2 aliphatic rings. The van der Waals surface area contributed by atoms with Crippen molar-refractivity contribution in [3.8, 4) is 5.75 Å². The first-order valence-corrected chi connectivity index (χ1v) is 9.82. The first-order valence-electron chi connectivity index (χ1n) is 9.45. The quantitative estimate of drug-likeness (QED) is 0.621. The number of amidine groups is 1. The number of anilines is 1. The van der Waals surface area contributed by atoms with Crippen molar-refractivity contribution in [2.24, 2.45) is 16.6 Å². The molecule has 0 saturated heterocycles. The van der Waals surface area contributed by atoms with Gasteiger partial charge in [-0.3, -0.25) is 4.79 Å². The number of hydrogen-bond donors (Lipinski definition) is 2. The second-order valence-corrected chi connectivity index (χ2v) is 7.87. The second-order valence-electron chi connectivity index (χ2n) is 7.50. The van der Waals surface area contributed by atoms with E-state index in [0.717, 1.165) is 12.3 Å². The highest BCUT2D eigenvalue weighted by Crippen LogP contribution is 2.55. The number of alkyl halides is 3. The maximum absolute atomic E-state index is 14.6. The minimum Gasteiger partial charge on any atom is -0.462 e. The Bertz CT molecular complexity index is 1120. The molecule has 1 unspecified atom stereocenters. The number of benzene rings is 1. The first kappa shape index (κ1) is 22.1. The van der Waals surface area contributed by atoms with Gasteiger partial charge >= 0.3 is 6.61 Å². The van der Waals surface area contributed by atoms with E-state index in [1.54, 1.807) is 0 Å². The van der Waals surface area contributed by atoms with E-state index >= 15 is 0 Å². The van der Waals surface area contributed by atoms with Crippen molar-refractivity contribution in [1.82, 2.24) is 4.98 Å². The Morgan fingerprint density at radius 3 is 2.84 bits per heavy atom. The Kier molecular flexibility index (Phi) is 5.61. The van der Waals surface area contributed by atoms with Gasteiger partial charge < -0.3 is 20.5 Å². The number of nitrogens with zero attached hydrogens (tertiary/aromatic N) is 2.